The molecular weight excluding hydrogens is 186 g/mol. The van der Waals surface area contributed by atoms with Crippen LogP contribution in [0.4, 0.5) is 8.78 Å². The molecule has 0 aliphatic carbocycles. The van der Waals surface area contributed by atoms with Gasteiger partial charge in [0.25, 0.3) is 6.43 Å². The number of hydrogen-bond acceptors (Lipinski definition) is 2. The molecule has 1 aliphatic heterocycles. The van der Waals surface area contributed by atoms with Gasteiger partial charge < -0.3 is 5.32 Å². The van der Waals surface area contributed by atoms with Crippen molar-refractivity contribution in [3.8, 4) is 0 Å². The fourth-order valence-electron chi connectivity index (χ4n) is 1.92. The Labute approximate surface area is 84.7 Å². The summed E-state index contributed by atoms with van der Waals surface area (Å²) in [5.74, 6) is 0.684. The summed E-state index contributed by atoms with van der Waals surface area (Å²) in [6.45, 7) is 5.75. The fraction of sp³-hybridized carbons (Fsp3) is 1.00. The van der Waals surface area contributed by atoms with E-state index in [0.29, 0.717) is 5.92 Å². The van der Waals surface area contributed by atoms with Crippen LogP contribution in [0.25, 0.3) is 0 Å². The van der Waals surface area contributed by atoms with Crippen molar-refractivity contribution < 1.29 is 8.78 Å². The summed E-state index contributed by atoms with van der Waals surface area (Å²) in [6.07, 6.45) is -0.0697. The molecule has 1 aliphatic rings. The van der Waals surface area contributed by atoms with Crippen molar-refractivity contribution in [2.24, 2.45) is 5.92 Å². The van der Waals surface area contributed by atoms with E-state index < -0.39 is 6.43 Å². The van der Waals surface area contributed by atoms with Gasteiger partial charge in [-0.1, -0.05) is 6.92 Å². The molecule has 1 saturated heterocycles. The van der Waals surface area contributed by atoms with Gasteiger partial charge in [-0.05, 0) is 44.9 Å². The van der Waals surface area contributed by atoms with Crippen LogP contribution in [0.2, 0.25) is 0 Å². The second-order valence-electron chi connectivity index (χ2n) is 3.94. The quantitative estimate of drug-likeness (QED) is 0.734. The average Bonchev–Trinajstić information content (AvgIpc) is 2.16. The Morgan fingerprint density at radius 1 is 1.36 bits per heavy atom. The number of likely N-dealkylation sites (tertiary alicyclic amines) is 1. The maximum atomic E-state index is 12.1. The zero-order chi connectivity index (χ0) is 10.4. The lowest BCUT2D eigenvalue weighted by Crippen LogP contribution is -2.39. The van der Waals surface area contributed by atoms with Gasteiger partial charge in [0.15, 0.2) is 0 Å². The third-order valence-corrected chi connectivity index (χ3v) is 2.79. The van der Waals surface area contributed by atoms with E-state index in [4.69, 9.17) is 0 Å². The van der Waals surface area contributed by atoms with Gasteiger partial charge in [0.2, 0.25) is 0 Å². The van der Waals surface area contributed by atoms with Crippen molar-refractivity contribution in [2.75, 3.05) is 32.7 Å². The van der Waals surface area contributed by atoms with Crippen LogP contribution in [0.3, 0.4) is 0 Å². The number of alkyl halides is 2. The maximum absolute atomic E-state index is 12.1. The molecule has 0 aromatic rings. The Hall–Kier alpha value is -0.220. The van der Waals surface area contributed by atoms with Crippen molar-refractivity contribution in [3.05, 3.63) is 0 Å². The molecule has 1 fully saturated rings. The predicted molar refractivity (Wildman–Crippen MR) is 53.7 cm³/mol. The van der Waals surface area contributed by atoms with Crippen LogP contribution in [0.5, 0.6) is 0 Å². The zero-order valence-corrected chi connectivity index (χ0v) is 8.81. The fourth-order valence-corrected chi connectivity index (χ4v) is 1.92. The Morgan fingerprint density at radius 3 is 2.50 bits per heavy atom. The molecule has 0 unspecified atom stereocenters. The summed E-state index contributed by atoms with van der Waals surface area (Å²) in [5.41, 5.74) is 0. The minimum absolute atomic E-state index is 0.0477. The topological polar surface area (TPSA) is 15.3 Å². The Morgan fingerprint density at radius 2 is 2.00 bits per heavy atom. The molecule has 0 aromatic carbocycles. The molecule has 0 bridgehead atoms. The first-order chi connectivity index (χ1) is 6.72. The first kappa shape index (κ1) is 11.9. The highest BCUT2D eigenvalue weighted by Gasteiger charge is 2.20. The van der Waals surface area contributed by atoms with Crippen LogP contribution >= 0.6 is 0 Å². The van der Waals surface area contributed by atoms with Crippen LogP contribution in [0, 0.1) is 5.92 Å². The van der Waals surface area contributed by atoms with Crippen LogP contribution in [-0.2, 0) is 0 Å². The SMILES string of the molecule is CCNCC1CCN(CC(F)F)CC1. The summed E-state index contributed by atoms with van der Waals surface area (Å²) in [7, 11) is 0. The van der Waals surface area contributed by atoms with E-state index in [9.17, 15) is 8.78 Å². The van der Waals surface area contributed by atoms with Crippen LogP contribution in [-0.4, -0.2) is 44.0 Å². The van der Waals surface area contributed by atoms with Gasteiger partial charge in [0.05, 0.1) is 6.54 Å². The number of halogens is 2. The Kier molecular flexibility index (Phi) is 5.33. The molecule has 1 N–H and O–H groups in total. The van der Waals surface area contributed by atoms with E-state index >= 15 is 0 Å². The van der Waals surface area contributed by atoms with Gasteiger partial charge in [-0.2, -0.15) is 0 Å². The van der Waals surface area contributed by atoms with E-state index in [-0.39, 0.29) is 6.54 Å². The highest BCUT2D eigenvalue weighted by atomic mass is 19.3. The molecule has 4 heteroatoms. The highest BCUT2D eigenvalue weighted by molar-refractivity contribution is 4.73. The number of nitrogens with zero attached hydrogens (tertiary/aromatic N) is 1. The Balaban J connectivity index is 2.11. The smallest absolute Gasteiger partial charge is 0.251 e. The summed E-state index contributed by atoms with van der Waals surface area (Å²) in [6, 6.07) is 0. The standard InChI is InChI=1S/C10H20F2N2/c1-2-13-7-9-3-5-14(6-4-9)8-10(11)12/h9-10,13H,2-8H2,1H3. The van der Waals surface area contributed by atoms with Crippen molar-refractivity contribution in [3.63, 3.8) is 0 Å². The molecule has 84 valence electrons. The van der Waals surface area contributed by atoms with E-state index in [0.717, 1.165) is 39.0 Å². The third-order valence-electron chi connectivity index (χ3n) is 2.79. The van der Waals surface area contributed by atoms with Crippen LogP contribution < -0.4 is 5.32 Å². The molecule has 2 nitrogen and oxygen atoms in total. The lowest BCUT2D eigenvalue weighted by atomic mass is 9.97. The molecule has 0 aromatic heterocycles. The molecule has 0 spiro atoms. The number of piperidine rings is 1. The second-order valence-corrected chi connectivity index (χ2v) is 3.94. The van der Waals surface area contributed by atoms with E-state index in [1.807, 2.05) is 4.90 Å². The zero-order valence-electron chi connectivity index (χ0n) is 8.81. The number of hydrogen-bond donors (Lipinski definition) is 1. The van der Waals surface area contributed by atoms with Gasteiger partial charge in [0, 0.05) is 0 Å². The summed E-state index contributed by atoms with van der Waals surface area (Å²) < 4.78 is 24.1. The van der Waals surface area contributed by atoms with Gasteiger partial charge in [-0.3, -0.25) is 4.90 Å². The lowest BCUT2D eigenvalue weighted by molar-refractivity contribution is 0.0691. The van der Waals surface area contributed by atoms with Crippen molar-refractivity contribution in [1.29, 1.82) is 0 Å². The molecule has 14 heavy (non-hydrogen) atoms. The van der Waals surface area contributed by atoms with Gasteiger partial charge in [0.1, 0.15) is 0 Å². The normalized spacial score (nSPS) is 20.6. The second kappa shape index (κ2) is 6.30. The van der Waals surface area contributed by atoms with Crippen molar-refractivity contribution >= 4 is 0 Å². The summed E-state index contributed by atoms with van der Waals surface area (Å²) in [5, 5.41) is 3.31. The van der Waals surface area contributed by atoms with Crippen LogP contribution in [0.1, 0.15) is 19.8 Å². The van der Waals surface area contributed by atoms with E-state index in [2.05, 4.69) is 12.2 Å². The summed E-state index contributed by atoms with van der Waals surface area (Å²) >= 11 is 0. The number of nitrogens with one attached hydrogen (secondary N) is 1. The lowest BCUT2D eigenvalue weighted by Gasteiger charge is -2.31. The monoisotopic (exact) mass is 206 g/mol. The maximum Gasteiger partial charge on any atom is 0.251 e. The molecular formula is C10H20F2N2. The largest absolute Gasteiger partial charge is 0.317 e. The highest BCUT2D eigenvalue weighted by Crippen LogP contribution is 2.16. The molecule has 0 saturated carbocycles. The van der Waals surface area contributed by atoms with Crippen molar-refractivity contribution in [1.82, 2.24) is 10.2 Å². The van der Waals surface area contributed by atoms with Gasteiger partial charge >= 0.3 is 0 Å². The minimum Gasteiger partial charge on any atom is -0.317 e. The van der Waals surface area contributed by atoms with Crippen LogP contribution in [0.15, 0.2) is 0 Å². The molecule has 1 rings (SSSR count). The van der Waals surface area contributed by atoms with Gasteiger partial charge in [-0.15, -0.1) is 0 Å². The van der Waals surface area contributed by atoms with E-state index in [1.165, 1.54) is 0 Å². The molecule has 0 amide bonds. The molecule has 1 heterocycles. The van der Waals surface area contributed by atoms with E-state index in [1.54, 1.807) is 0 Å². The average molecular weight is 206 g/mol. The first-order valence-corrected chi connectivity index (χ1v) is 5.43. The number of rotatable bonds is 5. The molecule has 0 radical (unpaired) electrons. The predicted octanol–water partition coefficient (Wildman–Crippen LogP) is 1.57. The molecule has 0 atom stereocenters. The minimum atomic E-state index is -2.18. The summed E-state index contributed by atoms with van der Waals surface area (Å²) in [4.78, 5) is 1.87. The third kappa shape index (κ3) is 4.33. The first-order valence-electron chi connectivity index (χ1n) is 5.43. The van der Waals surface area contributed by atoms with Gasteiger partial charge in [-0.25, -0.2) is 8.78 Å². The van der Waals surface area contributed by atoms with Crippen molar-refractivity contribution in [2.45, 2.75) is 26.2 Å². The Bertz CT molecular complexity index is 145.